The van der Waals surface area contributed by atoms with Gasteiger partial charge in [-0.05, 0) is 13.8 Å². The molecule has 0 aliphatic carbocycles. The molecule has 2 aliphatic heterocycles. The summed E-state index contributed by atoms with van der Waals surface area (Å²) < 4.78 is 27.8. The van der Waals surface area contributed by atoms with Gasteiger partial charge in [0.1, 0.15) is 0 Å². The van der Waals surface area contributed by atoms with Gasteiger partial charge in [0.25, 0.3) is 0 Å². The van der Waals surface area contributed by atoms with Crippen molar-refractivity contribution in [3.63, 3.8) is 0 Å². The highest BCUT2D eigenvalue weighted by atomic mass is 32.2. The van der Waals surface area contributed by atoms with Gasteiger partial charge in [-0.25, -0.2) is 8.42 Å². The summed E-state index contributed by atoms with van der Waals surface area (Å²) in [5, 5.41) is 0. The summed E-state index contributed by atoms with van der Waals surface area (Å²) in [5.74, 6) is 0.319. The third kappa shape index (κ3) is 1.38. The minimum atomic E-state index is -2.84. The molecule has 0 amide bonds. The molecule has 82 valence electrons. The van der Waals surface area contributed by atoms with Crippen molar-refractivity contribution in [3.05, 3.63) is 0 Å². The predicted molar refractivity (Wildman–Crippen MR) is 54.0 cm³/mol. The minimum Gasteiger partial charge on any atom is -0.379 e. The number of hydrogen-bond donors (Lipinski definition) is 0. The first-order valence-corrected chi connectivity index (χ1v) is 6.64. The van der Waals surface area contributed by atoms with Crippen LogP contribution in [-0.2, 0) is 14.6 Å². The van der Waals surface area contributed by atoms with Gasteiger partial charge >= 0.3 is 0 Å². The molecule has 0 aromatic rings. The van der Waals surface area contributed by atoms with Gasteiger partial charge in [-0.15, -0.1) is 0 Å². The largest absolute Gasteiger partial charge is 0.379 e. The van der Waals surface area contributed by atoms with E-state index in [1.807, 2.05) is 13.8 Å². The Balaban J connectivity index is 2.08. The van der Waals surface area contributed by atoms with Crippen LogP contribution in [0.3, 0.4) is 0 Å². The van der Waals surface area contributed by atoms with Gasteiger partial charge in [0, 0.05) is 19.1 Å². The highest BCUT2D eigenvalue weighted by molar-refractivity contribution is 7.94. The third-order valence-electron chi connectivity index (χ3n) is 3.47. The van der Waals surface area contributed by atoms with E-state index in [1.54, 1.807) is 0 Å². The second-order valence-electron chi connectivity index (χ2n) is 4.55. The lowest BCUT2D eigenvalue weighted by molar-refractivity contribution is 0.00958. The van der Waals surface area contributed by atoms with Crippen LogP contribution in [0.2, 0.25) is 0 Å². The molecule has 0 radical (unpaired) electrons. The topological polar surface area (TPSA) is 46.6 Å². The van der Waals surface area contributed by atoms with E-state index in [-0.39, 0.29) is 6.04 Å². The predicted octanol–water partition coefficient (Wildman–Crippen LogP) is -0.106. The van der Waals surface area contributed by atoms with Crippen LogP contribution < -0.4 is 0 Å². The number of sulfone groups is 1. The Labute approximate surface area is 85.1 Å². The molecule has 0 aromatic carbocycles. The van der Waals surface area contributed by atoms with Crippen molar-refractivity contribution >= 4 is 9.84 Å². The molecule has 2 heterocycles. The fourth-order valence-electron chi connectivity index (χ4n) is 2.17. The van der Waals surface area contributed by atoms with E-state index in [4.69, 9.17) is 4.74 Å². The first-order valence-electron chi connectivity index (χ1n) is 4.99. The summed E-state index contributed by atoms with van der Waals surface area (Å²) in [7, 11) is -2.84. The second-order valence-corrected chi connectivity index (χ2v) is 7.16. The van der Waals surface area contributed by atoms with Gasteiger partial charge in [-0.3, -0.25) is 4.90 Å². The highest BCUT2D eigenvalue weighted by Gasteiger charge is 2.55. The van der Waals surface area contributed by atoms with Crippen molar-refractivity contribution in [2.24, 2.45) is 0 Å². The molecular weight excluding hydrogens is 202 g/mol. The van der Waals surface area contributed by atoms with Crippen molar-refractivity contribution in [2.45, 2.75) is 24.6 Å². The lowest BCUT2D eigenvalue weighted by Gasteiger charge is -2.50. The number of ether oxygens (including phenoxy) is 1. The minimum absolute atomic E-state index is 0.191. The highest BCUT2D eigenvalue weighted by Crippen LogP contribution is 2.37. The maximum atomic E-state index is 11.5. The van der Waals surface area contributed by atoms with Gasteiger partial charge in [0.2, 0.25) is 0 Å². The van der Waals surface area contributed by atoms with Gasteiger partial charge in [-0.2, -0.15) is 0 Å². The van der Waals surface area contributed by atoms with Crippen LogP contribution in [0.1, 0.15) is 13.8 Å². The molecule has 2 fully saturated rings. The van der Waals surface area contributed by atoms with E-state index in [0.29, 0.717) is 5.75 Å². The van der Waals surface area contributed by atoms with Crippen LogP contribution in [0.4, 0.5) is 0 Å². The van der Waals surface area contributed by atoms with E-state index in [9.17, 15) is 8.42 Å². The maximum Gasteiger partial charge on any atom is 0.158 e. The fourth-order valence-corrected chi connectivity index (χ4v) is 3.99. The quantitative estimate of drug-likeness (QED) is 0.617. The summed E-state index contributed by atoms with van der Waals surface area (Å²) in [6.07, 6.45) is 0. The summed E-state index contributed by atoms with van der Waals surface area (Å²) in [6, 6.07) is 0.191. The average Bonchev–Trinajstić information content (AvgIpc) is 2.16. The molecule has 0 saturated carbocycles. The first kappa shape index (κ1) is 10.4. The lowest BCUT2D eigenvalue weighted by atomic mass is 10.0. The van der Waals surface area contributed by atoms with Crippen LogP contribution in [-0.4, -0.2) is 56.2 Å². The Bertz CT molecular complexity index is 317. The third-order valence-corrected chi connectivity index (χ3v) is 6.10. The lowest BCUT2D eigenvalue weighted by Crippen LogP contribution is -2.68. The van der Waals surface area contributed by atoms with E-state index < -0.39 is 14.6 Å². The van der Waals surface area contributed by atoms with E-state index >= 15 is 0 Å². The molecule has 0 spiro atoms. The zero-order valence-electron chi connectivity index (χ0n) is 8.69. The molecule has 2 aliphatic rings. The van der Waals surface area contributed by atoms with E-state index in [2.05, 4.69) is 4.90 Å². The monoisotopic (exact) mass is 219 g/mol. The second kappa shape index (κ2) is 3.18. The van der Waals surface area contributed by atoms with Gasteiger partial charge < -0.3 is 4.74 Å². The average molecular weight is 219 g/mol. The van der Waals surface area contributed by atoms with Crippen molar-refractivity contribution < 1.29 is 13.2 Å². The molecule has 4 nitrogen and oxygen atoms in total. The van der Waals surface area contributed by atoms with Crippen LogP contribution in [0, 0.1) is 0 Å². The molecule has 0 N–H and O–H groups in total. The number of hydrogen-bond acceptors (Lipinski definition) is 4. The maximum absolute atomic E-state index is 11.5. The molecule has 14 heavy (non-hydrogen) atoms. The van der Waals surface area contributed by atoms with E-state index in [0.717, 1.165) is 26.3 Å². The van der Waals surface area contributed by atoms with Crippen LogP contribution >= 0.6 is 0 Å². The fraction of sp³-hybridized carbons (Fsp3) is 1.00. The summed E-state index contributed by atoms with van der Waals surface area (Å²) >= 11 is 0. The van der Waals surface area contributed by atoms with E-state index in [1.165, 1.54) is 0 Å². The van der Waals surface area contributed by atoms with Crippen molar-refractivity contribution in [1.82, 2.24) is 4.90 Å². The molecule has 2 saturated heterocycles. The Morgan fingerprint density at radius 3 is 2.29 bits per heavy atom. The van der Waals surface area contributed by atoms with Gasteiger partial charge in [0.15, 0.2) is 9.84 Å². The normalized spacial score (nSPS) is 36.3. The Kier molecular flexibility index (Phi) is 2.36. The zero-order valence-corrected chi connectivity index (χ0v) is 9.51. The Morgan fingerprint density at radius 1 is 1.29 bits per heavy atom. The van der Waals surface area contributed by atoms with Crippen LogP contribution in [0.5, 0.6) is 0 Å². The van der Waals surface area contributed by atoms with Crippen LogP contribution in [0.15, 0.2) is 0 Å². The summed E-state index contributed by atoms with van der Waals surface area (Å²) in [4.78, 5) is 2.24. The molecule has 5 heteroatoms. The molecule has 0 unspecified atom stereocenters. The Morgan fingerprint density at radius 2 is 1.86 bits per heavy atom. The molecular formula is C9H17NO3S. The molecule has 0 bridgehead atoms. The van der Waals surface area contributed by atoms with Gasteiger partial charge in [-0.1, -0.05) is 0 Å². The van der Waals surface area contributed by atoms with Gasteiger partial charge in [0.05, 0.1) is 23.7 Å². The smallest absolute Gasteiger partial charge is 0.158 e. The standard InChI is InChI=1S/C9H17NO3S/c1-9(2)8(7-14(9,11)12)10-3-5-13-6-4-10/h8H,3-7H2,1-2H3/t8-/m1/s1. The van der Waals surface area contributed by atoms with Crippen molar-refractivity contribution in [2.75, 3.05) is 32.1 Å². The summed E-state index contributed by atoms with van der Waals surface area (Å²) in [5.41, 5.74) is 0. The number of nitrogens with zero attached hydrogens (tertiary/aromatic N) is 1. The number of rotatable bonds is 1. The van der Waals surface area contributed by atoms with Crippen molar-refractivity contribution in [3.8, 4) is 0 Å². The number of morpholine rings is 1. The Hall–Kier alpha value is -0.130. The van der Waals surface area contributed by atoms with Crippen molar-refractivity contribution in [1.29, 1.82) is 0 Å². The first-order chi connectivity index (χ1) is 6.45. The molecule has 1 atom stereocenters. The van der Waals surface area contributed by atoms with Crippen LogP contribution in [0.25, 0.3) is 0 Å². The SMILES string of the molecule is CC1(C)[C@H](N2CCOCC2)CS1(=O)=O. The zero-order chi connectivity index (χ0) is 10.4. The summed E-state index contributed by atoms with van der Waals surface area (Å²) in [6.45, 7) is 6.84. The molecule has 2 rings (SSSR count). The molecule has 0 aromatic heterocycles.